The van der Waals surface area contributed by atoms with E-state index in [9.17, 15) is 19.2 Å². The molecule has 0 unspecified atom stereocenters. The zero-order valence-corrected chi connectivity index (χ0v) is 31.3. The Balaban J connectivity index is 6.28. The van der Waals surface area contributed by atoms with E-state index in [2.05, 4.69) is 5.32 Å². The fraction of sp³-hybridized carbons (Fsp3) is 0.741. The van der Waals surface area contributed by atoms with Crippen LogP contribution in [0.15, 0.2) is 0 Å². The second-order valence-electron chi connectivity index (χ2n) is 10.6. The number of thioether (sulfide) groups is 3. The maximum Gasteiger partial charge on any atom is 0.322 e. The fourth-order valence-corrected chi connectivity index (χ4v) is 7.39. The van der Waals surface area contributed by atoms with Crippen molar-refractivity contribution in [3.8, 4) is 0 Å². The molecule has 0 heterocycles. The van der Waals surface area contributed by atoms with Crippen LogP contribution in [0.2, 0.25) is 0 Å². The summed E-state index contributed by atoms with van der Waals surface area (Å²) < 4.78 is 25.0. The van der Waals surface area contributed by atoms with Crippen molar-refractivity contribution in [2.75, 3.05) is 33.0 Å². The Morgan fingerprint density at radius 1 is 0.605 bits per heavy atom. The number of nitrogens with one attached hydrogen (secondary N) is 1. The third-order valence-corrected chi connectivity index (χ3v) is 9.11. The van der Waals surface area contributed by atoms with Gasteiger partial charge in [-0.2, -0.15) is 0 Å². The lowest BCUT2D eigenvalue weighted by atomic mass is 10.0. The van der Waals surface area contributed by atoms with Crippen molar-refractivity contribution in [3.05, 3.63) is 0 Å². The summed E-state index contributed by atoms with van der Waals surface area (Å²) in [6, 6.07) is 0. The number of esters is 3. The second kappa shape index (κ2) is 18.7. The van der Waals surface area contributed by atoms with Gasteiger partial charge in [0.1, 0.15) is 39.6 Å². The number of thiocarbonyl (C=S) groups is 3. The van der Waals surface area contributed by atoms with Gasteiger partial charge in [-0.1, -0.05) is 42.7 Å². The van der Waals surface area contributed by atoms with Gasteiger partial charge in [0.25, 0.3) is 0 Å². The molecule has 0 radical (unpaired) electrons. The third kappa shape index (κ3) is 15.6. The zero-order valence-electron chi connectivity index (χ0n) is 26.4. The highest BCUT2D eigenvalue weighted by molar-refractivity contribution is 8.24. The summed E-state index contributed by atoms with van der Waals surface area (Å²) in [6.45, 7) is 15.7. The molecule has 0 saturated carbocycles. The van der Waals surface area contributed by atoms with Gasteiger partial charge in [-0.15, -0.1) is 11.8 Å². The largest absolute Gasteiger partial charge is 0.479 e. The molecule has 0 rings (SSSR count). The van der Waals surface area contributed by atoms with Gasteiger partial charge >= 0.3 is 17.9 Å². The summed E-state index contributed by atoms with van der Waals surface area (Å²) in [6.07, 6.45) is 0.0526. The highest BCUT2D eigenvalue weighted by atomic mass is 32.2. The molecule has 1 amide bonds. The van der Waals surface area contributed by atoms with Crippen LogP contribution < -0.4 is 5.32 Å². The highest BCUT2D eigenvalue weighted by Crippen LogP contribution is 2.31. The Hall–Kier alpha value is -1.20. The topological polar surface area (TPSA) is 126 Å². The molecule has 43 heavy (non-hydrogen) atoms. The van der Waals surface area contributed by atoms with E-state index in [1.165, 1.54) is 0 Å². The van der Waals surface area contributed by atoms with E-state index in [1.54, 1.807) is 69.2 Å². The fourth-order valence-electron chi connectivity index (χ4n) is 2.95. The van der Waals surface area contributed by atoms with E-state index >= 15 is 0 Å². The second-order valence-corrected chi connectivity index (χ2v) is 17.8. The van der Waals surface area contributed by atoms with E-state index in [1.807, 2.05) is 0 Å². The van der Waals surface area contributed by atoms with Gasteiger partial charge in [0.2, 0.25) is 14.7 Å². The van der Waals surface area contributed by atoms with Crippen LogP contribution in [0.1, 0.15) is 75.7 Å². The minimum atomic E-state index is -1.64. The molecule has 0 fully saturated rings. The average molecular weight is 718 g/mol. The number of amides is 1. The zero-order chi connectivity index (χ0) is 33.6. The van der Waals surface area contributed by atoms with Gasteiger partial charge in [0.15, 0.2) is 0 Å². The van der Waals surface area contributed by atoms with E-state index in [4.69, 9.17) is 60.3 Å². The molecule has 0 aromatic carbocycles. The van der Waals surface area contributed by atoms with Crippen LogP contribution >= 0.6 is 71.9 Å². The van der Waals surface area contributed by atoms with Crippen molar-refractivity contribution in [2.24, 2.45) is 0 Å². The standard InChI is InChI=1S/C27H43NO9S6/c1-11-18(29)28-27(14-35-19(30)24(5,6)41-17(4)38,15-36-20(31)25(7,8)42-22(39)33-12-2)16-37-21(32)26(9,10)43-23(40)34-13-3/h11-16H2,1-10H3,(H,28,29). The van der Waals surface area contributed by atoms with Crippen LogP contribution in [0.3, 0.4) is 0 Å². The normalized spacial score (nSPS) is 12.0. The number of carbonyl (C=O) groups is 4. The lowest BCUT2D eigenvalue weighted by Gasteiger charge is -2.36. The lowest BCUT2D eigenvalue weighted by Crippen LogP contribution is -2.60. The quantitative estimate of drug-likeness (QED) is 0.124. The minimum absolute atomic E-state index is 0.0526. The maximum absolute atomic E-state index is 13.2. The minimum Gasteiger partial charge on any atom is -0.479 e. The monoisotopic (exact) mass is 717 g/mol. The summed E-state index contributed by atoms with van der Waals surface area (Å²) in [5.74, 6) is -2.45. The van der Waals surface area contributed by atoms with Crippen molar-refractivity contribution in [3.63, 3.8) is 0 Å². The van der Waals surface area contributed by atoms with E-state index < -0.39 is 63.4 Å². The van der Waals surface area contributed by atoms with Crippen molar-refractivity contribution in [2.45, 2.75) is 95.4 Å². The smallest absolute Gasteiger partial charge is 0.322 e. The number of ether oxygens (including phenoxy) is 5. The van der Waals surface area contributed by atoms with E-state index in [0.717, 1.165) is 35.3 Å². The summed E-state index contributed by atoms with van der Waals surface area (Å²) in [4.78, 5) is 52.1. The molecule has 1 N–H and O–H groups in total. The van der Waals surface area contributed by atoms with Crippen LogP contribution in [0.5, 0.6) is 0 Å². The predicted molar refractivity (Wildman–Crippen MR) is 186 cm³/mol. The molecule has 0 aliphatic heterocycles. The highest BCUT2D eigenvalue weighted by Gasteiger charge is 2.43. The van der Waals surface area contributed by atoms with Gasteiger partial charge in [-0.05, 0) is 86.7 Å². The van der Waals surface area contributed by atoms with Crippen LogP contribution in [0, 0.1) is 0 Å². The van der Waals surface area contributed by atoms with Crippen molar-refractivity contribution in [1.82, 2.24) is 5.32 Å². The molecule has 16 heteroatoms. The molecule has 246 valence electrons. The Labute approximate surface area is 283 Å². The molecular formula is C27H43NO9S6. The Morgan fingerprint density at radius 3 is 1.21 bits per heavy atom. The SMILES string of the molecule is CCOC(=S)SC(C)(C)C(=O)OCC(COC(=O)C(C)(C)SC(C)=S)(COC(=O)C(C)(C)SC(=S)OCC)NC(=O)CC. The summed E-state index contributed by atoms with van der Waals surface area (Å²) in [7, 11) is 0. The number of carbonyl (C=O) groups excluding carboxylic acids is 4. The first-order valence-corrected chi connectivity index (χ1v) is 17.1. The molecule has 10 nitrogen and oxygen atoms in total. The van der Waals surface area contributed by atoms with Gasteiger partial charge < -0.3 is 29.0 Å². The maximum atomic E-state index is 13.2. The molecule has 0 aliphatic rings. The first kappa shape index (κ1) is 41.8. The molecule has 0 saturated heterocycles. The van der Waals surface area contributed by atoms with Crippen molar-refractivity contribution in [1.29, 1.82) is 0 Å². The summed E-state index contributed by atoms with van der Waals surface area (Å²) >= 11 is 18.6. The van der Waals surface area contributed by atoms with Gasteiger partial charge in [0, 0.05) is 10.6 Å². The van der Waals surface area contributed by atoms with Crippen molar-refractivity contribution < 1.29 is 42.9 Å². The average Bonchev–Trinajstić information content (AvgIpc) is 2.87. The molecule has 0 bridgehead atoms. The number of hydrogen-bond acceptors (Lipinski definition) is 15. The van der Waals surface area contributed by atoms with Crippen LogP contribution in [0.4, 0.5) is 0 Å². The van der Waals surface area contributed by atoms with Crippen molar-refractivity contribution >= 4 is 109 Å². The summed E-state index contributed by atoms with van der Waals surface area (Å²) in [5.41, 5.74) is -1.64. The third-order valence-electron chi connectivity index (χ3n) is 5.24. The van der Waals surface area contributed by atoms with Gasteiger partial charge in [0.05, 0.1) is 13.2 Å². The Bertz CT molecular complexity index is 998. The first-order chi connectivity index (χ1) is 19.7. The summed E-state index contributed by atoms with van der Waals surface area (Å²) in [5, 5.41) is 2.75. The van der Waals surface area contributed by atoms with E-state index in [-0.39, 0.29) is 15.2 Å². The van der Waals surface area contributed by atoms with Crippen LogP contribution in [-0.2, 0) is 42.9 Å². The first-order valence-electron chi connectivity index (χ1n) is 13.4. The molecule has 0 spiro atoms. The van der Waals surface area contributed by atoms with Crippen LogP contribution in [0.25, 0.3) is 0 Å². The van der Waals surface area contributed by atoms with Gasteiger partial charge in [-0.25, -0.2) is 0 Å². The molecule has 0 aromatic heterocycles. The van der Waals surface area contributed by atoms with E-state index in [0.29, 0.717) is 17.4 Å². The predicted octanol–water partition coefficient (Wildman–Crippen LogP) is 5.41. The molecule has 0 aromatic rings. The molecule has 0 aliphatic carbocycles. The Morgan fingerprint density at radius 2 is 0.930 bits per heavy atom. The Kier molecular flexibility index (Phi) is 18.2. The molecule has 0 atom stereocenters. The number of rotatable bonds is 16. The number of hydrogen-bond donors (Lipinski definition) is 1. The van der Waals surface area contributed by atoms with Crippen LogP contribution in [-0.4, -0.2) is 89.6 Å². The van der Waals surface area contributed by atoms with Gasteiger partial charge in [-0.3, -0.25) is 19.2 Å². The molecular weight excluding hydrogens is 675 g/mol. The lowest BCUT2D eigenvalue weighted by molar-refractivity contribution is -0.161.